The average molecular weight is 1360 g/mol. The zero-order chi connectivity index (χ0) is 70.9. The van der Waals surface area contributed by atoms with E-state index in [0.29, 0.717) is 0 Å². The van der Waals surface area contributed by atoms with E-state index in [0.717, 1.165) is 0 Å². The number of hydrogen-bond acceptors (Lipinski definition) is 0. The van der Waals surface area contributed by atoms with Crippen molar-refractivity contribution in [1.82, 2.24) is 0 Å². The molecule has 0 atom stereocenters. The lowest BCUT2D eigenvalue weighted by molar-refractivity contribution is 1.77. The Morgan fingerprint density at radius 3 is 0.685 bits per heavy atom. The van der Waals surface area contributed by atoms with Crippen molar-refractivity contribution in [3.63, 3.8) is 0 Å². The molecule has 0 aliphatic heterocycles. The molecule has 0 fully saturated rings. The molecule has 0 N–H and O–H groups in total. The molecule has 0 nitrogen and oxygen atoms in total. The predicted octanol–water partition coefficient (Wildman–Crippen LogP) is 31.0. The Hall–Kier alpha value is -14.0. The summed E-state index contributed by atoms with van der Waals surface area (Å²) >= 11 is 0. The number of hydrogen-bond donors (Lipinski definition) is 0. The van der Waals surface area contributed by atoms with Crippen molar-refractivity contribution < 1.29 is 0 Å². The molecule has 0 heterocycles. The standard InChI is InChI=1S/C24H14.C22H12.2C22H14.C18H12/c1-2-10-18-16(6-1)14-17-9-5-12-20-19-11-3-7-15-8-4-13-21(22(15)19)24(18)23(17)20;1-3-13-7-9-15-11-12-16-10-8-14-4-2-6-18-17(5-1)19(13)21(15)22(16)20(14)18;1-2-7-18-14-21-19(13-17(18)6-1)12-11-16-10-9-15-5-3-4-8-20(15)22(16)21;1-2-6-16-10-20-14-22-12-18-8-4-3-7-17(18)11-21(22)13-19(20)9-15(16)5-1;1-2-8-14-13(7-1)15-9-3-4-11-17(15)18-12-6-5-10-16(14)18/h1-14H;1-12H;2*1-14H;1-12H. The van der Waals surface area contributed by atoms with Gasteiger partial charge >= 0.3 is 0 Å². The number of fused-ring (bicyclic) bond motifs is 21. The second kappa shape index (κ2) is 24.8. The van der Waals surface area contributed by atoms with Crippen molar-refractivity contribution in [3.05, 3.63) is 400 Å². The molecule has 108 heavy (non-hydrogen) atoms. The van der Waals surface area contributed by atoms with Crippen LogP contribution in [0.5, 0.6) is 0 Å². The van der Waals surface area contributed by atoms with Crippen LogP contribution in [-0.2, 0) is 0 Å². The van der Waals surface area contributed by atoms with E-state index in [1.165, 1.54) is 226 Å². The molecule has 0 saturated heterocycles. The minimum atomic E-state index is 1.30. The molecular formula is C108H66. The fourth-order valence-electron chi connectivity index (χ4n) is 18.4. The Bertz CT molecular complexity index is 7590. The van der Waals surface area contributed by atoms with Crippen molar-refractivity contribution in [2.45, 2.75) is 0 Å². The third-order valence-electron chi connectivity index (χ3n) is 23.3. The first-order chi connectivity index (χ1) is 53.5. The van der Waals surface area contributed by atoms with Gasteiger partial charge in [-0.1, -0.05) is 346 Å². The van der Waals surface area contributed by atoms with Crippen LogP contribution in [0.3, 0.4) is 0 Å². The Labute approximate surface area is 622 Å². The predicted molar refractivity (Wildman–Crippen MR) is 473 cm³/mol. The van der Waals surface area contributed by atoms with Gasteiger partial charge in [0.1, 0.15) is 0 Å². The normalized spacial score (nSPS) is 11.9. The first kappa shape index (κ1) is 61.4. The van der Waals surface area contributed by atoms with Gasteiger partial charge in [0.15, 0.2) is 0 Å². The first-order valence-corrected chi connectivity index (χ1v) is 37.6. The third kappa shape index (κ3) is 9.92. The SMILES string of the molecule is c1cc2ccc3ccc4ccc5cccc6c(c1)c2c3c4c56.c1ccc2c(c1)c1ccccc1c1ccccc21.c1ccc2c(c1)cc1cccc3c4cccc5cccc(c54)c2c13.c1ccc2cc3c(ccc4ccc5ccccc5c43)cc2c1.c1ccc2cc3cc4cc5ccccc5cc4cc3cc2c1. The van der Waals surface area contributed by atoms with Gasteiger partial charge in [-0.2, -0.15) is 0 Å². The third-order valence-corrected chi connectivity index (χ3v) is 23.3. The van der Waals surface area contributed by atoms with Crippen molar-refractivity contribution in [1.29, 1.82) is 0 Å². The highest BCUT2D eigenvalue weighted by Crippen LogP contribution is 2.47. The van der Waals surface area contributed by atoms with Crippen LogP contribution in [0.1, 0.15) is 0 Å². The molecule has 26 rings (SSSR count). The Morgan fingerprint density at radius 1 is 0.0741 bits per heavy atom. The molecule has 26 aromatic rings. The summed E-state index contributed by atoms with van der Waals surface area (Å²) in [5.41, 5.74) is 0. The fraction of sp³-hybridized carbons (Fsp3) is 0. The lowest BCUT2D eigenvalue weighted by atomic mass is 9.86. The van der Waals surface area contributed by atoms with E-state index in [-0.39, 0.29) is 0 Å². The van der Waals surface area contributed by atoms with Gasteiger partial charge in [-0.15, -0.1) is 0 Å². The molecule has 0 radical (unpaired) electrons. The molecule has 0 spiro atoms. The molecular weight excluding hydrogens is 1300 g/mol. The first-order valence-electron chi connectivity index (χ1n) is 37.6. The van der Waals surface area contributed by atoms with Gasteiger partial charge < -0.3 is 0 Å². The van der Waals surface area contributed by atoms with Crippen LogP contribution in [0.4, 0.5) is 0 Å². The van der Waals surface area contributed by atoms with E-state index >= 15 is 0 Å². The molecule has 26 aromatic carbocycles. The zero-order valence-corrected chi connectivity index (χ0v) is 59.1. The van der Waals surface area contributed by atoms with Crippen molar-refractivity contribution in [2.75, 3.05) is 0 Å². The van der Waals surface area contributed by atoms with E-state index < -0.39 is 0 Å². The van der Waals surface area contributed by atoms with Crippen LogP contribution in [0.15, 0.2) is 400 Å². The Kier molecular flexibility index (Phi) is 14.1. The maximum absolute atomic E-state index is 2.33. The largest absolute Gasteiger partial charge is 0.0616 e. The van der Waals surface area contributed by atoms with Crippen LogP contribution < -0.4 is 0 Å². The number of benzene rings is 26. The molecule has 0 heteroatoms. The fourth-order valence-corrected chi connectivity index (χ4v) is 18.4. The van der Waals surface area contributed by atoms with Crippen LogP contribution in [0.2, 0.25) is 0 Å². The van der Waals surface area contributed by atoms with Crippen molar-refractivity contribution >= 4 is 226 Å². The van der Waals surface area contributed by atoms with Gasteiger partial charge in [-0.25, -0.2) is 0 Å². The lowest BCUT2D eigenvalue weighted by Crippen LogP contribution is -1.89. The maximum Gasteiger partial charge on any atom is -0.00141 e. The average Bonchev–Trinajstić information content (AvgIpc) is 0.706. The lowest BCUT2D eigenvalue weighted by Gasteiger charge is -2.17. The molecule has 498 valence electrons. The maximum atomic E-state index is 2.33. The van der Waals surface area contributed by atoms with Gasteiger partial charge in [0, 0.05) is 0 Å². The second-order valence-electron chi connectivity index (χ2n) is 29.2. The molecule has 0 bridgehead atoms. The van der Waals surface area contributed by atoms with Crippen molar-refractivity contribution in [2.24, 2.45) is 0 Å². The van der Waals surface area contributed by atoms with Crippen molar-refractivity contribution in [3.8, 4) is 0 Å². The monoisotopic (exact) mass is 1360 g/mol. The second-order valence-corrected chi connectivity index (χ2v) is 29.2. The quantitative estimate of drug-likeness (QED) is 0.105. The van der Waals surface area contributed by atoms with Gasteiger partial charge in [0.25, 0.3) is 0 Å². The Balaban J connectivity index is 0.0000000840. The van der Waals surface area contributed by atoms with E-state index in [9.17, 15) is 0 Å². The zero-order valence-electron chi connectivity index (χ0n) is 59.1. The van der Waals surface area contributed by atoms with E-state index in [1.54, 1.807) is 0 Å². The van der Waals surface area contributed by atoms with Gasteiger partial charge in [-0.05, 0) is 281 Å². The molecule has 0 aliphatic rings. The summed E-state index contributed by atoms with van der Waals surface area (Å²) in [5.74, 6) is 0. The van der Waals surface area contributed by atoms with Crippen LogP contribution in [0.25, 0.3) is 226 Å². The summed E-state index contributed by atoms with van der Waals surface area (Å²) in [6.45, 7) is 0. The molecule has 0 unspecified atom stereocenters. The summed E-state index contributed by atoms with van der Waals surface area (Å²) < 4.78 is 0. The topological polar surface area (TPSA) is 0 Å². The van der Waals surface area contributed by atoms with Crippen LogP contribution in [-0.4, -0.2) is 0 Å². The highest BCUT2D eigenvalue weighted by atomic mass is 14.2. The van der Waals surface area contributed by atoms with Gasteiger partial charge in [-0.3, -0.25) is 0 Å². The molecule has 0 amide bonds. The highest BCUT2D eigenvalue weighted by molar-refractivity contribution is 6.41. The Morgan fingerprint density at radius 2 is 0.278 bits per heavy atom. The number of rotatable bonds is 0. The van der Waals surface area contributed by atoms with E-state index in [1.807, 2.05) is 0 Å². The summed E-state index contributed by atoms with van der Waals surface area (Å²) in [4.78, 5) is 0. The molecule has 0 aromatic heterocycles. The summed E-state index contributed by atoms with van der Waals surface area (Å²) in [6, 6.07) is 146. The van der Waals surface area contributed by atoms with E-state index in [4.69, 9.17) is 0 Å². The molecule has 0 aliphatic carbocycles. The highest BCUT2D eigenvalue weighted by Gasteiger charge is 2.19. The van der Waals surface area contributed by atoms with E-state index in [2.05, 4.69) is 400 Å². The summed E-state index contributed by atoms with van der Waals surface area (Å²) in [5, 5.41) is 56.4. The smallest absolute Gasteiger partial charge is 0.00141 e. The minimum absolute atomic E-state index is 1.30. The van der Waals surface area contributed by atoms with Gasteiger partial charge in [0.2, 0.25) is 0 Å². The van der Waals surface area contributed by atoms with Gasteiger partial charge in [0.05, 0.1) is 0 Å². The van der Waals surface area contributed by atoms with Crippen LogP contribution >= 0.6 is 0 Å². The summed E-state index contributed by atoms with van der Waals surface area (Å²) in [7, 11) is 0. The minimum Gasteiger partial charge on any atom is -0.0616 e. The summed E-state index contributed by atoms with van der Waals surface area (Å²) in [6.07, 6.45) is 0. The van der Waals surface area contributed by atoms with Crippen LogP contribution in [0, 0.1) is 0 Å². The molecule has 0 saturated carbocycles.